The molecule has 0 saturated carbocycles. The maximum Gasteiger partial charge on any atom is 0.348 e. The topological polar surface area (TPSA) is 94.5 Å². The minimum absolute atomic E-state index is 0.0309. The molecule has 1 aromatic carbocycles. The molecule has 0 unspecified atom stereocenters. The number of thiocarbonyl (C=S) groups is 1. The van der Waals surface area contributed by atoms with Crippen molar-refractivity contribution in [2.24, 2.45) is 0 Å². The SMILES string of the molecule is CCOC(=O)c1sc(NC(=S)Nc2ccn(Cc3c(F)c(F)cc(F)c3F)n2)c(C(=O)OCC)c1C. The third-order valence-corrected chi connectivity index (χ3v) is 6.11. The van der Waals surface area contributed by atoms with E-state index in [1.54, 1.807) is 20.8 Å². The second-order valence-electron chi connectivity index (χ2n) is 7.13. The summed E-state index contributed by atoms with van der Waals surface area (Å²) in [5.74, 6) is -7.23. The molecule has 2 heterocycles. The number of nitrogens with one attached hydrogen (secondary N) is 2. The van der Waals surface area contributed by atoms with E-state index in [1.165, 1.54) is 12.3 Å². The van der Waals surface area contributed by atoms with E-state index in [9.17, 15) is 27.2 Å². The zero-order chi connectivity index (χ0) is 26.6. The number of anilines is 2. The molecule has 3 aromatic rings. The third kappa shape index (κ3) is 5.82. The quantitative estimate of drug-likeness (QED) is 0.177. The molecule has 0 atom stereocenters. The predicted octanol–water partition coefficient (Wildman–Crippen LogP) is 5.02. The zero-order valence-electron chi connectivity index (χ0n) is 19.2. The molecule has 0 amide bonds. The number of hydrogen-bond donors (Lipinski definition) is 2. The van der Waals surface area contributed by atoms with Crippen LogP contribution in [0.3, 0.4) is 0 Å². The number of hydrogen-bond acceptors (Lipinski definition) is 7. The van der Waals surface area contributed by atoms with Crippen LogP contribution in [-0.4, -0.2) is 40.0 Å². The van der Waals surface area contributed by atoms with Crippen LogP contribution < -0.4 is 10.6 Å². The lowest BCUT2D eigenvalue weighted by molar-refractivity contribution is 0.0527. The van der Waals surface area contributed by atoms with Crippen LogP contribution in [0.15, 0.2) is 18.3 Å². The predicted molar refractivity (Wildman–Crippen MR) is 128 cm³/mol. The Morgan fingerprint density at radius 3 is 2.28 bits per heavy atom. The minimum Gasteiger partial charge on any atom is -0.462 e. The fraction of sp³-hybridized carbons (Fsp3) is 0.273. The van der Waals surface area contributed by atoms with Gasteiger partial charge in [0.25, 0.3) is 0 Å². The van der Waals surface area contributed by atoms with Crippen LogP contribution in [0, 0.1) is 30.2 Å². The number of esters is 2. The second-order valence-corrected chi connectivity index (χ2v) is 8.55. The molecule has 0 aliphatic rings. The van der Waals surface area contributed by atoms with Gasteiger partial charge in [-0.25, -0.2) is 27.2 Å². The smallest absolute Gasteiger partial charge is 0.348 e. The fourth-order valence-corrected chi connectivity index (χ4v) is 4.50. The molecule has 0 radical (unpaired) electrons. The van der Waals surface area contributed by atoms with Crippen molar-refractivity contribution in [3.05, 3.63) is 63.2 Å². The molecular formula is C22H20F4N4O4S2. The van der Waals surface area contributed by atoms with Gasteiger partial charge in [-0.1, -0.05) is 0 Å². The Kier molecular flexibility index (Phi) is 8.63. The van der Waals surface area contributed by atoms with Crippen molar-refractivity contribution < 1.29 is 36.6 Å². The maximum atomic E-state index is 13.9. The van der Waals surface area contributed by atoms with Crippen molar-refractivity contribution in [1.82, 2.24) is 9.78 Å². The van der Waals surface area contributed by atoms with Crippen molar-refractivity contribution in [2.75, 3.05) is 23.8 Å². The van der Waals surface area contributed by atoms with Gasteiger partial charge in [0, 0.05) is 18.3 Å². The molecule has 8 nitrogen and oxygen atoms in total. The van der Waals surface area contributed by atoms with Crippen molar-refractivity contribution in [1.29, 1.82) is 0 Å². The minimum atomic E-state index is -1.52. The number of carbonyl (C=O) groups is 2. The van der Waals surface area contributed by atoms with Crippen LogP contribution in [0.25, 0.3) is 0 Å². The number of carbonyl (C=O) groups excluding carboxylic acids is 2. The molecule has 2 N–H and O–H groups in total. The maximum absolute atomic E-state index is 13.9. The van der Waals surface area contributed by atoms with E-state index in [0.717, 1.165) is 16.0 Å². The molecule has 3 rings (SSSR count). The zero-order valence-corrected chi connectivity index (χ0v) is 20.8. The van der Waals surface area contributed by atoms with E-state index in [-0.39, 0.29) is 45.7 Å². The highest BCUT2D eigenvalue weighted by Crippen LogP contribution is 2.34. The van der Waals surface area contributed by atoms with Crippen LogP contribution in [-0.2, 0) is 16.0 Å². The molecule has 0 fully saturated rings. The van der Waals surface area contributed by atoms with Crippen LogP contribution in [0.4, 0.5) is 28.4 Å². The van der Waals surface area contributed by atoms with Crippen LogP contribution >= 0.6 is 23.6 Å². The van der Waals surface area contributed by atoms with Gasteiger partial charge in [-0.05, 0) is 38.6 Å². The largest absolute Gasteiger partial charge is 0.462 e. The summed E-state index contributed by atoms with van der Waals surface area (Å²) in [6, 6.07) is 1.52. The number of benzene rings is 1. The average Bonchev–Trinajstić information content (AvgIpc) is 3.39. The highest BCUT2D eigenvalue weighted by Gasteiger charge is 2.27. The lowest BCUT2D eigenvalue weighted by Crippen LogP contribution is -2.21. The summed E-state index contributed by atoms with van der Waals surface area (Å²) < 4.78 is 66.0. The van der Waals surface area contributed by atoms with E-state index in [0.29, 0.717) is 5.56 Å². The normalized spacial score (nSPS) is 10.8. The molecular weight excluding hydrogens is 524 g/mol. The van der Waals surface area contributed by atoms with E-state index >= 15 is 0 Å². The number of rotatable bonds is 8. The lowest BCUT2D eigenvalue weighted by atomic mass is 10.1. The van der Waals surface area contributed by atoms with Crippen molar-refractivity contribution >= 4 is 51.4 Å². The van der Waals surface area contributed by atoms with Gasteiger partial charge < -0.3 is 20.1 Å². The highest BCUT2D eigenvalue weighted by atomic mass is 32.1. The first kappa shape index (κ1) is 27.1. The molecule has 0 spiro atoms. The molecule has 2 aromatic heterocycles. The van der Waals surface area contributed by atoms with E-state index < -0.39 is 47.3 Å². The summed E-state index contributed by atoms with van der Waals surface area (Å²) in [7, 11) is 0. The van der Waals surface area contributed by atoms with Crippen LogP contribution in [0.1, 0.15) is 45.0 Å². The Balaban J connectivity index is 1.78. The number of aromatic nitrogens is 2. The van der Waals surface area contributed by atoms with Crippen LogP contribution in [0.5, 0.6) is 0 Å². The first-order valence-electron chi connectivity index (χ1n) is 10.5. The number of halogens is 4. The molecule has 36 heavy (non-hydrogen) atoms. The van der Waals surface area contributed by atoms with Crippen molar-refractivity contribution in [3.8, 4) is 0 Å². The summed E-state index contributed by atoms with van der Waals surface area (Å²) in [5, 5.41) is 9.76. The first-order chi connectivity index (χ1) is 17.1. The van der Waals surface area contributed by atoms with Gasteiger partial charge in [0.1, 0.15) is 9.88 Å². The molecule has 192 valence electrons. The standard InChI is InChI=1S/C22H20F4N4O4S2/c1-4-33-20(31)15-10(3)18(21(32)34-5-2)36-19(15)28-22(35)27-14-6-7-30(29-14)9-11-16(25)12(23)8-13(24)17(11)26/h6-8H,4-5,9H2,1-3H3,(H2,27,28,29,35). The van der Waals surface area contributed by atoms with Gasteiger partial charge in [0.15, 0.2) is 34.2 Å². The molecule has 0 aliphatic carbocycles. The number of ether oxygens (including phenoxy) is 2. The average molecular weight is 545 g/mol. The van der Waals surface area contributed by atoms with Gasteiger partial charge in [0.2, 0.25) is 0 Å². The first-order valence-corrected chi connectivity index (χ1v) is 11.7. The monoisotopic (exact) mass is 544 g/mol. The van der Waals surface area contributed by atoms with Gasteiger partial charge in [-0.15, -0.1) is 11.3 Å². The Labute approximate surface area is 212 Å². The Bertz CT molecular complexity index is 1300. The van der Waals surface area contributed by atoms with E-state index in [1.807, 2.05) is 0 Å². The summed E-state index contributed by atoms with van der Waals surface area (Å²) >= 11 is 6.21. The molecule has 0 saturated heterocycles. The Morgan fingerprint density at radius 2 is 1.67 bits per heavy atom. The molecule has 0 aliphatic heterocycles. The fourth-order valence-electron chi connectivity index (χ4n) is 3.13. The van der Waals surface area contributed by atoms with Crippen LogP contribution in [0.2, 0.25) is 0 Å². The van der Waals surface area contributed by atoms with Gasteiger partial charge in [0.05, 0.1) is 30.9 Å². The third-order valence-electron chi connectivity index (χ3n) is 4.72. The second kappa shape index (κ2) is 11.5. The number of nitrogens with zero attached hydrogens (tertiary/aromatic N) is 2. The molecule has 14 heteroatoms. The van der Waals surface area contributed by atoms with E-state index in [4.69, 9.17) is 21.7 Å². The van der Waals surface area contributed by atoms with Crippen molar-refractivity contribution in [3.63, 3.8) is 0 Å². The highest BCUT2D eigenvalue weighted by molar-refractivity contribution is 7.80. The Morgan fingerprint density at radius 1 is 1.06 bits per heavy atom. The van der Waals surface area contributed by atoms with Gasteiger partial charge >= 0.3 is 11.9 Å². The van der Waals surface area contributed by atoms with E-state index in [2.05, 4.69) is 15.7 Å². The molecule has 0 bridgehead atoms. The van der Waals surface area contributed by atoms with Gasteiger partial charge in [-0.3, -0.25) is 4.68 Å². The lowest BCUT2D eigenvalue weighted by Gasteiger charge is -2.10. The Hall–Kier alpha value is -3.52. The van der Waals surface area contributed by atoms with Gasteiger partial charge in [-0.2, -0.15) is 5.10 Å². The summed E-state index contributed by atoms with van der Waals surface area (Å²) in [5.41, 5.74) is -0.362. The summed E-state index contributed by atoms with van der Waals surface area (Å²) in [6.45, 7) is 4.53. The van der Waals surface area contributed by atoms with Crippen molar-refractivity contribution in [2.45, 2.75) is 27.3 Å². The summed E-state index contributed by atoms with van der Waals surface area (Å²) in [6.07, 6.45) is 1.31. The number of thiophene rings is 1. The summed E-state index contributed by atoms with van der Waals surface area (Å²) in [4.78, 5) is 25.0.